The number of hydrogen-bond acceptors (Lipinski definition) is 6. The van der Waals surface area contributed by atoms with E-state index in [-0.39, 0.29) is 27.2 Å². The first kappa shape index (κ1) is 21.7. The van der Waals surface area contributed by atoms with Crippen LogP contribution in [0.25, 0.3) is 27.7 Å². The quantitative estimate of drug-likeness (QED) is 0.461. The third-order valence-electron chi connectivity index (χ3n) is 4.90. The van der Waals surface area contributed by atoms with Gasteiger partial charge in [-0.2, -0.15) is 28.1 Å². The molecule has 1 aromatic carbocycles. The Morgan fingerprint density at radius 2 is 1.78 bits per heavy atom. The first-order valence-corrected chi connectivity index (χ1v) is 11.0. The van der Waals surface area contributed by atoms with Crippen LogP contribution in [0.4, 0.5) is 13.2 Å². The Hall–Kier alpha value is -3.54. The molecule has 0 aliphatic carbocycles. The summed E-state index contributed by atoms with van der Waals surface area (Å²) in [6.07, 6.45) is 1.09. The number of pyridine rings is 1. The molecule has 0 fully saturated rings. The van der Waals surface area contributed by atoms with Crippen molar-refractivity contribution in [1.82, 2.24) is 24.5 Å². The highest BCUT2D eigenvalue weighted by molar-refractivity contribution is 7.91. The number of fused-ring (bicyclic) bond motifs is 1. The molecule has 0 aliphatic rings. The number of aromatic nitrogens is 5. The van der Waals surface area contributed by atoms with E-state index in [1.54, 1.807) is 13.2 Å². The van der Waals surface area contributed by atoms with Crippen LogP contribution in [0.5, 0.6) is 0 Å². The maximum Gasteiger partial charge on any atom is 0.416 e. The van der Waals surface area contributed by atoms with Crippen molar-refractivity contribution in [3.63, 3.8) is 0 Å². The van der Waals surface area contributed by atoms with Gasteiger partial charge in [-0.25, -0.2) is 13.4 Å². The average molecular weight is 463 g/mol. The van der Waals surface area contributed by atoms with E-state index in [2.05, 4.69) is 15.2 Å². The highest BCUT2D eigenvalue weighted by Crippen LogP contribution is 2.31. The molecule has 0 atom stereocenters. The minimum absolute atomic E-state index is 0.186. The molecule has 0 aliphatic heterocycles. The maximum atomic E-state index is 13.1. The van der Waals surface area contributed by atoms with Crippen LogP contribution in [0.1, 0.15) is 12.5 Å². The van der Waals surface area contributed by atoms with Crippen molar-refractivity contribution >= 4 is 20.6 Å². The van der Waals surface area contributed by atoms with Crippen molar-refractivity contribution in [2.45, 2.75) is 18.0 Å². The smallest absolute Gasteiger partial charge is 0.275 e. The summed E-state index contributed by atoms with van der Waals surface area (Å²) in [5, 5.41) is 7.93. The minimum atomic E-state index is -4.64. The number of sulfone groups is 1. The Kier molecular flexibility index (Phi) is 5.12. The number of halogens is 3. The fraction of sp³-hybridized carbons (Fsp3) is 0.200. The van der Waals surface area contributed by atoms with E-state index >= 15 is 0 Å². The summed E-state index contributed by atoms with van der Waals surface area (Å²) >= 11 is 0. The van der Waals surface area contributed by atoms with Gasteiger partial charge in [0, 0.05) is 36.0 Å². The topological polar surface area (TPSA) is 99.7 Å². The number of alkyl halides is 3. The van der Waals surface area contributed by atoms with Crippen LogP contribution in [0.3, 0.4) is 0 Å². The monoisotopic (exact) mass is 463 g/mol. The summed E-state index contributed by atoms with van der Waals surface area (Å²) in [4.78, 5) is 16.9. The second-order valence-corrected chi connectivity index (χ2v) is 9.26. The van der Waals surface area contributed by atoms with Crippen molar-refractivity contribution in [3.05, 3.63) is 65.0 Å². The predicted molar refractivity (Wildman–Crippen MR) is 110 cm³/mol. The second kappa shape index (κ2) is 7.55. The summed E-state index contributed by atoms with van der Waals surface area (Å²) in [7, 11) is -2.17. The third kappa shape index (κ3) is 3.77. The highest BCUT2D eigenvalue weighted by atomic mass is 32.2. The van der Waals surface area contributed by atoms with Gasteiger partial charge >= 0.3 is 6.18 Å². The summed E-state index contributed by atoms with van der Waals surface area (Å²) in [6, 6.07) is 4.05. The van der Waals surface area contributed by atoms with E-state index in [9.17, 15) is 26.4 Å². The van der Waals surface area contributed by atoms with Gasteiger partial charge in [-0.15, -0.1) is 0 Å². The summed E-state index contributed by atoms with van der Waals surface area (Å²) in [6.45, 7) is 1.43. The molecule has 32 heavy (non-hydrogen) atoms. The Labute approximate surface area is 179 Å². The van der Waals surface area contributed by atoms with Crippen molar-refractivity contribution in [2.75, 3.05) is 5.75 Å². The first-order chi connectivity index (χ1) is 15.0. The van der Waals surface area contributed by atoms with Crippen LogP contribution in [0.2, 0.25) is 0 Å². The minimum Gasteiger partial charge on any atom is -0.275 e. The van der Waals surface area contributed by atoms with Gasteiger partial charge in [0.05, 0.1) is 29.1 Å². The normalized spacial score (nSPS) is 12.4. The molecule has 8 nitrogen and oxygen atoms in total. The molecular weight excluding hydrogens is 447 g/mol. The van der Waals surface area contributed by atoms with Gasteiger partial charge in [0.25, 0.3) is 5.56 Å². The lowest BCUT2D eigenvalue weighted by molar-refractivity contribution is -0.137. The van der Waals surface area contributed by atoms with Crippen LogP contribution in [-0.4, -0.2) is 38.7 Å². The molecule has 4 rings (SSSR count). The molecule has 0 saturated carbocycles. The number of aryl methyl sites for hydroxylation is 1. The zero-order valence-corrected chi connectivity index (χ0v) is 17.6. The molecule has 4 aromatic rings. The lowest BCUT2D eigenvalue weighted by Gasteiger charge is -2.12. The van der Waals surface area contributed by atoms with Crippen LogP contribution < -0.4 is 5.56 Å². The second-order valence-electron chi connectivity index (χ2n) is 7.01. The zero-order chi connectivity index (χ0) is 23.3. The number of nitrogens with zero attached hydrogens (tertiary/aromatic N) is 5. The fourth-order valence-electron chi connectivity index (χ4n) is 3.18. The molecule has 0 bridgehead atoms. The summed E-state index contributed by atoms with van der Waals surface area (Å²) < 4.78 is 67.2. The molecule has 166 valence electrons. The molecule has 0 amide bonds. The lowest BCUT2D eigenvalue weighted by atomic mass is 10.1. The molecule has 3 heterocycles. The van der Waals surface area contributed by atoms with Crippen molar-refractivity contribution in [1.29, 1.82) is 0 Å². The molecule has 0 radical (unpaired) electrons. The molecule has 0 spiro atoms. The van der Waals surface area contributed by atoms with Gasteiger partial charge in [-0.1, -0.05) is 13.0 Å². The molecule has 3 aromatic heterocycles. The highest BCUT2D eigenvalue weighted by Gasteiger charge is 2.31. The van der Waals surface area contributed by atoms with Gasteiger partial charge in [-0.05, 0) is 18.2 Å². The molecular formula is C20H16F3N5O3S. The Bertz CT molecular complexity index is 1510. The van der Waals surface area contributed by atoms with Crippen molar-refractivity contribution in [3.8, 4) is 16.9 Å². The van der Waals surface area contributed by atoms with Crippen LogP contribution in [0, 0.1) is 0 Å². The standard InChI is InChI=1S/C20H16F3N5O3S/c1-3-32(30,31)17-6-13(14-10-25-27(2)11-14)8-24-18(17)28-19(29)16-7-15(20(21,22)23)5-4-12(16)9-26-28/h4-11H,3H2,1-2H3. The lowest BCUT2D eigenvalue weighted by Crippen LogP contribution is -2.25. The van der Waals surface area contributed by atoms with Crippen LogP contribution in [-0.2, 0) is 23.1 Å². The Balaban J connectivity index is 1.98. The van der Waals surface area contributed by atoms with Gasteiger partial charge < -0.3 is 0 Å². The van der Waals surface area contributed by atoms with Gasteiger partial charge in [0.1, 0.15) is 4.90 Å². The van der Waals surface area contributed by atoms with Gasteiger partial charge in [0.2, 0.25) is 0 Å². The van der Waals surface area contributed by atoms with E-state index in [0.29, 0.717) is 21.9 Å². The summed E-state index contributed by atoms with van der Waals surface area (Å²) in [5.41, 5.74) is -0.862. The molecule has 0 saturated heterocycles. The summed E-state index contributed by atoms with van der Waals surface area (Å²) in [5.74, 6) is -0.567. The predicted octanol–water partition coefficient (Wildman–Crippen LogP) is 2.99. The van der Waals surface area contributed by atoms with E-state index in [1.165, 1.54) is 36.3 Å². The first-order valence-electron chi connectivity index (χ1n) is 9.33. The largest absolute Gasteiger partial charge is 0.416 e. The SMILES string of the molecule is CCS(=O)(=O)c1cc(-c2cnn(C)c2)cnc1-n1ncc2ccc(C(F)(F)F)cc2c1=O. The van der Waals surface area contributed by atoms with Crippen LogP contribution >= 0.6 is 0 Å². The van der Waals surface area contributed by atoms with E-state index < -0.39 is 27.1 Å². The van der Waals surface area contributed by atoms with Crippen molar-refractivity contribution < 1.29 is 21.6 Å². The van der Waals surface area contributed by atoms with E-state index in [0.717, 1.165) is 12.1 Å². The maximum absolute atomic E-state index is 13.1. The fourth-order valence-corrected chi connectivity index (χ4v) is 4.21. The Morgan fingerprint density at radius 1 is 1.03 bits per heavy atom. The van der Waals surface area contributed by atoms with E-state index in [1.807, 2.05) is 0 Å². The molecule has 0 N–H and O–H groups in total. The zero-order valence-electron chi connectivity index (χ0n) is 16.8. The van der Waals surface area contributed by atoms with Crippen LogP contribution in [0.15, 0.2) is 58.7 Å². The number of rotatable bonds is 4. The van der Waals surface area contributed by atoms with Gasteiger partial charge in [-0.3, -0.25) is 9.48 Å². The Morgan fingerprint density at radius 3 is 2.41 bits per heavy atom. The van der Waals surface area contributed by atoms with Crippen molar-refractivity contribution in [2.24, 2.45) is 7.05 Å². The number of hydrogen-bond donors (Lipinski definition) is 0. The third-order valence-corrected chi connectivity index (χ3v) is 6.63. The molecule has 0 unspecified atom stereocenters. The van der Waals surface area contributed by atoms with Gasteiger partial charge in [0.15, 0.2) is 15.7 Å². The van der Waals surface area contributed by atoms with E-state index in [4.69, 9.17) is 0 Å². The number of benzene rings is 1. The average Bonchev–Trinajstić information content (AvgIpc) is 3.19. The molecule has 12 heteroatoms.